The molecule has 2 aromatic carbocycles. The standard InChI is InChI=1S/C40H52N6O9S/c1-11-25-22-40(25,36(49)44-56(51,52)45(8)9)43-34(47)31-20-27(23-46(31)35(48)33(38(2,3)4)42-37(50)55-39(5,6)7)54-32-21-29(24-15-13-12-14-16-24)41-30-19-26(53-10)17-18-28(30)32/h11-19,21,25,27,31,33H,1,20,22-23H2,2-10H3,(H,42,50)(H,43,47)(H,44,49)/t25?,27-,31+,33-,40-/m1/s1. The van der Waals surface area contributed by atoms with E-state index in [0.29, 0.717) is 28.1 Å². The Hall–Kier alpha value is -5.22. The molecule has 2 heterocycles. The molecule has 15 nitrogen and oxygen atoms in total. The molecule has 2 fully saturated rings. The molecule has 4 amide bonds. The highest BCUT2D eigenvalue weighted by Crippen LogP contribution is 2.45. The number of carbonyl (C=O) groups excluding carboxylic acids is 4. The van der Waals surface area contributed by atoms with Gasteiger partial charge in [0.25, 0.3) is 5.91 Å². The molecule has 1 saturated carbocycles. The van der Waals surface area contributed by atoms with Crippen LogP contribution in [0.2, 0.25) is 0 Å². The van der Waals surface area contributed by atoms with Crippen molar-refractivity contribution >= 4 is 44.9 Å². The van der Waals surface area contributed by atoms with Gasteiger partial charge in [-0.2, -0.15) is 12.7 Å². The molecule has 0 radical (unpaired) electrons. The summed E-state index contributed by atoms with van der Waals surface area (Å²) in [5, 5.41) is 6.15. The normalized spacial score (nSPS) is 21.5. The quantitative estimate of drug-likeness (QED) is 0.225. The van der Waals surface area contributed by atoms with Gasteiger partial charge in [-0.25, -0.2) is 14.5 Å². The van der Waals surface area contributed by atoms with Gasteiger partial charge in [-0.3, -0.25) is 14.4 Å². The first-order valence-electron chi connectivity index (χ1n) is 18.3. The van der Waals surface area contributed by atoms with Gasteiger partial charge in [-0.05, 0) is 44.7 Å². The number of nitrogens with zero attached hydrogens (tertiary/aromatic N) is 3. The van der Waals surface area contributed by atoms with Gasteiger partial charge in [0.2, 0.25) is 11.8 Å². The van der Waals surface area contributed by atoms with E-state index in [4.69, 9.17) is 19.2 Å². The van der Waals surface area contributed by atoms with E-state index in [-0.39, 0.29) is 19.4 Å². The molecule has 5 rings (SSSR count). The van der Waals surface area contributed by atoms with Crippen molar-refractivity contribution in [2.45, 2.75) is 83.7 Å². The molecule has 5 atom stereocenters. The van der Waals surface area contributed by atoms with Gasteiger partial charge in [-0.15, -0.1) is 6.58 Å². The lowest BCUT2D eigenvalue weighted by Gasteiger charge is -2.36. The summed E-state index contributed by atoms with van der Waals surface area (Å²) in [7, 11) is -0.0996. The number of fused-ring (bicyclic) bond motifs is 1. The highest BCUT2D eigenvalue weighted by Gasteiger charge is 2.61. The lowest BCUT2D eigenvalue weighted by atomic mass is 9.85. The van der Waals surface area contributed by atoms with Crippen molar-refractivity contribution in [2.24, 2.45) is 11.3 Å². The predicted molar refractivity (Wildman–Crippen MR) is 211 cm³/mol. The summed E-state index contributed by atoms with van der Waals surface area (Å²) in [5.74, 6) is -1.74. The van der Waals surface area contributed by atoms with Crippen LogP contribution in [-0.2, 0) is 29.3 Å². The number of methoxy groups -OCH3 is 1. The number of alkyl carbamates (subject to hydrolysis) is 1. The van der Waals surface area contributed by atoms with Crippen LogP contribution in [0.15, 0.2) is 67.3 Å². The number of benzene rings is 2. The molecule has 0 bridgehead atoms. The molecule has 1 aromatic heterocycles. The Labute approximate surface area is 328 Å². The fourth-order valence-corrected chi connectivity index (χ4v) is 7.19. The van der Waals surface area contributed by atoms with E-state index in [1.807, 2.05) is 41.1 Å². The highest BCUT2D eigenvalue weighted by atomic mass is 32.2. The summed E-state index contributed by atoms with van der Waals surface area (Å²) >= 11 is 0. The number of hydrogen-bond acceptors (Lipinski definition) is 10. The second-order valence-corrected chi connectivity index (χ2v) is 18.3. The zero-order valence-electron chi connectivity index (χ0n) is 33.3. The average Bonchev–Trinajstić information content (AvgIpc) is 3.67. The minimum Gasteiger partial charge on any atom is -0.497 e. The zero-order valence-corrected chi connectivity index (χ0v) is 34.2. The van der Waals surface area contributed by atoms with Crippen molar-refractivity contribution in [1.29, 1.82) is 0 Å². The third-order valence-corrected chi connectivity index (χ3v) is 11.1. The second kappa shape index (κ2) is 15.7. The molecular formula is C40H52N6O9S. The topological polar surface area (TPSA) is 186 Å². The van der Waals surface area contributed by atoms with E-state index in [1.54, 1.807) is 66.9 Å². The van der Waals surface area contributed by atoms with Gasteiger partial charge < -0.3 is 29.7 Å². The van der Waals surface area contributed by atoms with E-state index >= 15 is 0 Å². The number of rotatable bonds is 12. The van der Waals surface area contributed by atoms with Crippen LogP contribution in [0.25, 0.3) is 22.2 Å². The first-order chi connectivity index (χ1) is 26.1. The summed E-state index contributed by atoms with van der Waals surface area (Å²) < 4.78 is 45.8. The molecule has 0 spiro atoms. The van der Waals surface area contributed by atoms with Crippen LogP contribution < -0.4 is 24.8 Å². The van der Waals surface area contributed by atoms with E-state index in [9.17, 15) is 27.6 Å². The summed E-state index contributed by atoms with van der Waals surface area (Å²) in [5.41, 5.74) is -1.25. The largest absolute Gasteiger partial charge is 0.497 e. The molecule has 1 unspecified atom stereocenters. The maximum atomic E-state index is 14.6. The number of nitrogens with one attached hydrogen (secondary N) is 3. The first kappa shape index (κ1) is 41.9. The fourth-order valence-electron chi connectivity index (χ4n) is 6.59. The average molecular weight is 793 g/mol. The Kier molecular flexibility index (Phi) is 11.8. The maximum absolute atomic E-state index is 14.6. The molecule has 3 N–H and O–H groups in total. The summed E-state index contributed by atoms with van der Waals surface area (Å²) in [6.45, 7) is 14.1. The Morgan fingerprint density at radius 2 is 1.71 bits per heavy atom. The van der Waals surface area contributed by atoms with E-state index < -0.39 is 74.7 Å². The number of ether oxygens (including phenoxy) is 3. The van der Waals surface area contributed by atoms with Crippen LogP contribution in [0, 0.1) is 11.3 Å². The summed E-state index contributed by atoms with van der Waals surface area (Å²) in [6.07, 6.45) is 0.00209. The lowest BCUT2D eigenvalue weighted by Crippen LogP contribution is -2.60. The maximum Gasteiger partial charge on any atom is 0.408 e. The van der Waals surface area contributed by atoms with Gasteiger partial charge in [0, 0.05) is 49.5 Å². The molecule has 1 saturated heterocycles. The number of amides is 4. The third kappa shape index (κ3) is 9.24. The monoisotopic (exact) mass is 792 g/mol. The Morgan fingerprint density at radius 3 is 2.29 bits per heavy atom. The van der Waals surface area contributed by atoms with Crippen molar-refractivity contribution in [3.05, 3.63) is 67.3 Å². The minimum atomic E-state index is -4.19. The highest BCUT2D eigenvalue weighted by molar-refractivity contribution is 7.87. The van der Waals surface area contributed by atoms with Crippen molar-refractivity contribution < 1.29 is 41.8 Å². The van der Waals surface area contributed by atoms with Crippen molar-refractivity contribution in [2.75, 3.05) is 27.7 Å². The Bertz CT molecular complexity index is 2110. The van der Waals surface area contributed by atoms with Crippen LogP contribution in [-0.4, -0.2) is 103 Å². The Morgan fingerprint density at radius 1 is 1.04 bits per heavy atom. The van der Waals surface area contributed by atoms with E-state index in [0.717, 1.165) is 9.87 Å². The SMILES string of the molecule is C=CC1C[C@]1(NC(=O)[C@@H]1C[C@@H](Oc2cc(-c3ccccc3)nc3cc(OC)ccc23)CN1C(=O)[C@@H](NC(=O)OC(C)(C)C)C(C)(C)C)C(=O)NS(=O)(=O)N(C)C. The number of carbonyl (C=O) groups is 4. The second-order valence-electron chi connectivity index (χ2n) is 16.4. The number of aromatic nitrogens is 1. The molecule has 1 aliphatic heterocycles. The summed E-state index contributed by atoms with van der Waals surface area (Å²) in [6, 6.07) is 14.4. The van der Waals surface area contributed by atoms with Crippen LogP contribution in [0.5, 0.6) is 11.5 Å². The smallest absolute Gasteiger partial charge is 0.408 e. The number of likely N-dealkylation sites (tertiary alicyclic amines) is 1. The van der Waals surface area contributed by atoms with Crippen LogP contribution in [0.4, 0.5) is 4.79 Å². The minimum absolute atomic E-state index is 0.00599. The van der Waals surface area contributed by atoms with Gasteiger partial charge in [0.15, 0.2) is 0 Å². The molecule has 1 aliphatic carbocycles. The van der Waals surface area contributed by atoms with E-state index in [1.165, 1.54) is 25.1 Å². The first-order valence-corrected chi connectivity index (χ1v) is 19.7. The Balaban J connectivity index is 1.53. The van der Waals surface area contributed by atoms with Gasteiger partial charge in [0.1, 0.15) is 40.8 Å². The summed E-state index contributed by atoms with van der Waals surface area (Å²) in [4.78, 5) is 61.8. The van der Waals surface area contributed by atoms with E-state index in [2.05, 4.69) is 17.2 Å². The van der Waals surface area contributed by atoms with Crippen molar-refractivity contribution in [3.63, 3.8) is 0 Å². The van der Waals surface area contributed by atoms with Crippen molar-refractivity contribution in [1.82, 2.24) is 29.5 Å². The van der Waals surface area contributed by atoms with Gasteiger partial charge in [-0.1, -0.05) is 57.2 Å². The molecule has 56 heavy (non-hydrogen) atoms. The zero-order chi connectivity index (χ0) is 41.4. The number of hydrogen-bond donors (Lipinski definition) is 3. The van der Waals surface area contributed by atoms with Crippen LogP contribution in [0.3, 0.4) is 0 Å². The molecule has 16 heteroatoms. The molecule has 3 aromatic rings. The molecule has 2 aliphatic rings. The molecular weight excluding hydrogens is 741 g/mol. The van der Waals surface area contributed by atoms with Crippen LogP contribution >= 0.6 is 0 Å². The predicted octanol–water partition coefficient (Wildman–Crippen LogP) is 4.18. The molecule has 302 valence electrons. The fraction of sp³-hybridized carbons (Fsp3) is 0.475. The number of pyridine rings is 1. The third-order valence-electron chi connectivity index (χ3n) is 9.72. The van der Waals surface area contributed by atoms with Crippen molar-refractivity contribution in [3.8, 4) is 22.8 Å². The van der Waals surface area contributed by atoms with Gasteiger partial charge >= 0.3 is 16.3 Å². The van der Waals surface area contributed by atoms with Gasteiger partial charge in [0.05, 0.1) is 24.9 Å². The lowest BCUT2D eigenvalue weighted by molar-refractivity contribution is -0.143. The van der Waals surface area contributed by atoms with Crippen LogP contribution in [0.1, 0.15) is 54.4 Å².